The van der Waals surface area contributed by atoms with Gasteiger partial charge >= 0.3 is 0 Å². The second-order valence-electron chi connectivity index (χ2n) is 1.93. The minimum atomic E-state index is 0.0931. The number of carbonyl (C=O) groups is 1. The standard InChI is InChI=1S/C7H7IO/c8-7-4-2-1-3-6(7)5-9/h1-7H. The fourth-order valence-electron chi connectivity index (χ4n) is 0.718. The van der Waals surface area contributed by atoms with Crippen LogP contribution in [0.5, 0.6) is 0 Å². The van der Waals surface area contributed by atoms with Gasteiger partial charge in [0.15, 0.2) is 0 Å². The van der Waals surface area contributed by atoms with Gasteiger partial charge < -0.3 is 4.79 Å². The van der Waals surface area contributed by atoms with Gasteiger partial charge in [-0.05, 0) is 0 Å². The zero-order valence-corrected chi connectivity index (χ0v) is 6.99. The van der Waals surface area contributed by atoms with Crippen LogP contribution < -0.4 is 0 Å². The molecular formula is C7H7IO. The second kappa shape index (κ2) is 3.15. The van der Waals surface area contributed by atoms with Crippen molar-refractivity contribution in [3.8, 4) is 0 Å². The number of alkyl halides is 1. The highest BCUT2D eigenvalue weighted by Gasteiger charge is 2.12. The van der Waals surface area contributed by atoms with Crippen LogP contribution in [0, 0.1) is 5.92 Å². The van der Waals surface area contributed by atoms with Crippen LogP contribution >= 0.6 is 22.6 Å². The quantitative estimate of drug-likeness (QED) is 0.383. The minimum absolute atomic E-state index is 0.0931. The Hall–Kier alpha value is -0.120. The van der Waals surface area contributed by atoms with Crippen LogP contribution in [0.1, 0.15) is 0 Å². The summed E-state index contributed by atoms with van der Waals surface area (Å²) >= 11 is 2.25. The zero-order valence-electron chi connectivity index (χ0n) is 4.83. The maximum Gasteiger partial charge on any atom is 0.128 e. The molecule has 0 saturated heterocycles. The summed E-state index contributed by atoms with van der Waals surface area (Å²) in [5.74, 6) is 0.0931. The molecule has 1 aliphatic rings. The van der Waals surface area contributed by atoms with Gasteiger partial charge in [-0.3, -0.25) is 0 Å². The van der Waals surface area contributed by atoms with E-state index in [1.807, 2.05) is 24.3 Å². The van der Waals surface area contributed by atoms with E-state index >= 15 is 0 Å². The van der Waals surface area contributed by atoms with Crippen LogP contribution in [-0.4, -0.2) is 10.2 Å². The van der Waals surface area contributed by atoms with Gasteiger partial charge in [0.1, 0.15) is 6.29 Å². The van der Waals surface area contributed by atoms with Gasteiger partial charge in [-0.15, -0.1) is 0 Å². The van der Waals surface area contributed by atoms with Gasteiger partial charge in [0.2, 0.25) is 0 Å². The van der Waals surface area contributed by atoms with Crippen LogP contribution in [0.25, 0.3) is 0 Å². The number of aldehydes is 1. The second-order valence-corrected chi connectivity index (χ2v) is 3.37. The molecule has 0 N–H and O–H groups in total. The Labute approximate surface area is 68.0 Å². The van der Waals surface area contributed by atoms with Crippen LogP contribution in [0.2, 0.25) is 0 Å². The van der Waals surface area contributed by atoms with Crippen molar-refractivity contribution >= 4 is 28.9 Å². The van der Waals surface area contributed by atoms with Crippen molar-refractivity contribution in [3.63, 3.8) is 0 Å². The zero-order chi connectivity index (χ0) is 6.69. The predicted octanol–water partition coefficient (Wildman–Crippen LogP) is 1.73. The van der Waals surface area contributed by atoms with E-state index < -0.39 is 0 Å². The largest absolute Gasteiger partial charge is 0.303 e. The molecule has 0 radical (unpaired) electrons. The molecule has 1 nitrogen and oxygen atoms in total. The van der Waals surface area contributed by atoms with Crippen LogP contribution in [-0.2, 0) is 4.79 Å². The van der Waals surface area contributed by atoms with Crippen molar-refractivity contribution in [3.05, 3.63) is 24.3 Å². The van der Waals surface area contributed by atoms with Crippen LogP contribution in [0.15, 0.2) is 24.3 Å². The first-order valence-electron chi connectivity index (χ1n) is 2.79. The maximum atomic E-state index is 10.3. The topological polar surface area (TPSA) is 17.1 Å². The molecule has 1 aliphatic carbocycles. The summed E-state index contributed by atoms with van der Waals surface area (Å²) in [5, 5.41) is 0. The lowest BCUT2D eigenvalue weighted by Crippen LogP contribution is -2.12. The molecule has 0 spiro atoms. The van der Waals surface area contributed by atoms with E-state index in [1.54, 1.807) is 0 Å². The molecule has 2 unspecified atom stereocenters. The summed E-state index contributed by atoms with van der Waals surface area (Å²) in [6.07, 6.45) is 8.81. The third-order valence-corrected chi connectivity index (χ3v) is 2.51. The Morgan fingerprint density at radius 1 is 1.33 bits per heavy atom. The average molecular weight is 234 g/mol. The van der Waals surface area contributed by atoms with Crippen LogP contribution in [0.4, 0.5) is 0 Å². The Morgan fingerprint density at radius 2 is 2.00 bits per heavy atom. The third-order valence-electron chi connectivity index (χ3n) is 1.26. The number of carbonyl (C=O) groups excluding carboxylic acids is 1. The van der Waals surface area contributed by atoms with Gasteiger partial charge in [0, 0.05) is 9.84 Å². The van der Waals surface area contributed by atoms with E-state index in [4.69, 9.17) is 0 Å². The molecule has 0 aromatic heterocycles. The Kier molecular flexibility index (Phi) is 2.45. The summed E-state index contributed by atoms with van der Waals surface area (Å²) in [6, 6.07) is 0. The van der Waals surface area contributed by atoms with Crippen molar-refractivity contribution in [1.29, 1.82) is 0 Å². The Morgan fingerprint density at radius 3 is 2.44 bits per heavy atom. The fourth-order valence-corrected chi connectivity index (χ4v) is 1.37. The summed E-state index contributed by atoms with van der Waals surface area (Å²) in [7, 11) is 0. The van der Waals surface area contributed by atoms with Gasteiger partial charge in [-0.2, -0.15) is 0 Å². The van der Waals surface area contributed by atoms with E-state index in [9.17, 15) is 4.79 Å². The molecule has 0 aliphatic heterocycles. The predicted molar refractivity (Wildman–Crippen MR) is 45.6 cm³/mol. The lowest BCUT2D eigenvalue weighted by molar-refractivity contribution is -0.109. The number of hydrogen-bond donors (Lipinski definition) is 0. The molecule has 0 saturated carbocycles. The van der Waals surface area contributed by atoms with E-state index in [1.165, 1.54) is 0 Å². The van der Waals surface area contributed by atoms with Gasteiger partial charge in [-0.25, -0.2) is 0 Å². The average Bonchev–Trinajstić information content (AvgIpc) is 1.89. The summed E-state index contributed by atoms with van der Waals surface area (Å²) in [6.45, 7) is 0. The molecule has 0 aromatic carbocycles. The van der Waals surface area contributed by atoms with Gasteiger partial charge in [0.25, 0.3) is 0 Å². The molecule has 0 heterocycles. The number of hydrogen-bond acceptors (Lipinski definition) is 1. The van der Waals surface area contributed by atoms with Gasteiger partial charge in [-0.1, -0.05) is 46.9 Å². The molecule has 0 fully saturated rings. The first-order valence-corrected chi connectivity index (χ1v) is 4.03. The highest BCUT2D eigenvalue weighted by atomic mass is 127. The van der Waals surface area contributed by atoms with E-state index in [-0.39, 0.29) is 5.92 Å². The lowest BCUT2D eigenvalue weighted by Gasteiger charge is -2.10. The first-order chi connectivity index (χ1) is 4.34. The molecule has 0 aromatic rings. The van der Waals surface area contributed by atoms with Gasteiger partial charge in [0.05, 0.1) is 0 Å². The molecule has 0 amide bonds. The van der Waals surface area contributed by atoms with E-state index in [0.29, 0.717) is 3.92 Å². The normalized spacial score (nSPS) is 32.6. The van der Waals surface area contributed by atoms with Crippen molar-refractivity contribution in [2.24, 2.45) is 5.92 Å². The summed E-state index contributed by atoms with van der Waals surface area (Å²) < 4.78 is 0.352. The van der Waals surface area contributed by atoms with Crippen molar-refractivity contribution in [2.45, 2.75) is 3.92 Å². The fraction of sp³-hybridized carbons (Fsp3) is 0.286. The van der Waals surface area contributed by atoms with Crippen LogP contribution in [0.3, 0.4) is 0 Å². The molecule has 1 rings (SSSR count). The number of allylic oxidation sites excluding steroid dienone is 4. The molecular weight excluding hydrogens is 227 g/mol. The monoisotopic (exact) mass is 234 g/mol. The Bertz CT molecular complexity index is 160. The Balaban J connectivity index is 2.65. The first kappa shape index (κ1) is 6.99. The number of halogens is 1. The van der Waals surface area contributed by atoms with E-state index in [2.05, 4.69) is 22.6 Å². The highest BCUT2D eigenvalue weighted by Crippen LogP contribution is 2.17. The molecule has 9 heavy (non-hydrogen) atoms. The SMILES string of the molecule is O=CC1C=CC=CC1I. The van der Waals surface area contributed by atoms with Crippen molar-refractivity contribution in [2.75, 3.05) is 0 Å². The maximum absolute atomic E-state index is 10.3. The van der Waals surface area contributed by atoms with E-state index in [0.717, 1.165) is 6.29 Å². The molecule has 2 heteroatoms. The lowest BCUT2D eigenvalue weighted by atomic mass is 10.0. The molecule has 0 bridgehead atoms. The van der Waals surface area contributed by atoms with Crippen molar-refractivity contribution < 1.29 is 4.79 Å². The van der Waals surface area contributed by atoms with Crippen molar-refractivity contribution in [1.82, 2.24) is 0 Å². The smallest absolute Gasteiger partial charge is 0.128 e. The summed E-state index contributed by atoms with van der Waals surface area (Å²) in [5.41, 5.74) is 0. The highest BCUT2D eigenvalue weighted by molar-refractivity contribution is 14.1. The third kappa shape index (κ3) is 1.64. The molecule has 2 atom stereocenters. The minimum Gasteiger partial charge on any atom is -0.303 e. The number of rotatable bonds is 1. The molecule has 48 valence electrons. The summed E-state index contributed by atoms with van der Waals surface area (Å²) in [4.78, 5) is 10.3.